The van der Waals surface area contributed by atoms with E-state index in [1.165, 1.54) is 16.9 Å². The van der Waals surface area contributed by atoms with E-state index in [1.807, 2.05) is 17.9 Å². The fourth-order valence-corrected chi connectivity index (χ4v) is 4.53. The zero-order chi connectivity index (χ0) is 15.7. The lowest BCUT2D eigenvalue weighted by Crippen LogP contribution is -2.54. The molecule has 0 radical (unpaired) electrons. The van der Waals surface area contributed by atoms with Gasteiger partial charge in [-0.2, -0.15) is 0 Å². The number of rotatable bonds is 6. The number of likely N-dealkylation sites (N-methyl/N-ethyl adjacent to an activating group) is 1. The monoisotopic (exact) mass is 322 g/mol. The zero-order valence-electron chi connectivity index (χ0n) is 12.8. The average molecular weight is 322 g/mol. The van der Waals surface area contributed by atoms with Crippen molar-refractivity contribution in [3.05, 3.63) is 21.4 Å². The Bertz CT molecular complexity index is 556. The van der Waals surface area contributed by atoms with Crippen LogP contribution in [0.15, 0.2) is 6.07 Å². The SMILES string of the molecule is CCN(CC(=O)O)C1CC(NC(=O)c2cc3c(s2)CCC3)C1. The number of carbonyl (C=O) groups excluding carboxylic acids is 1. The normalized spacial score (nSPS) is 23.2. The molecule has 0 bridgehead atoms. The minimum atomic E-state index is -0.789. The van der Waals surface area contributed by atoms with Crippen LogP contribution < -0.4 is 5.32 Å². The van der Waals surface area contributed by atoms with Gasteiger partial charge < -0.3 is 10.4 Å². The Morgan fingerprint density at radius 2 is 2.18 bits per heavy atom. The van der Waals surface area contributed by atoms with Crippen molar-refractivity contribution in [2.24, 2.45) is 0 Å². The summed E-state index contributed by atoms with van der Waals surface area (Å²) in [4.78, 5) is 27.2. The highest BCUT2D eigenvalue weighted by molar-refractivity contribution is 7.14. The number of carboxylic acid groups (broad SMARTS) is 1. The predicted octanol–water partition coefficient (Wildman–Crippen LogP) is 1.90. The summed E-state index contributed by atoms with van der Waals surface area (Å²) < 4.78 is 0. The minimum Gasteiger partial charge on any atom is -0.480 e. The predicted molar refractivity (Wildman–Crippen MR) is 85.5 cm³/mol. The van der Waals surface area contributed by atoms with Crippen LogP contribution in [0.5, 0.6) is 0 Å². The molecule has 6 heteroatoms. The number of carboxylic acids is 1. The topological polar surface area (TPSA) is 69.6 Å². The molecule has 0 saturated heterocycles. The van der Waals surface area contributed by atoms with Crippen LogP contribution in [0.2, 0.25) is 0 Å². The second-order valence-corrected chi connectivity index (χ2v) is 7.30. The molecule has 0 unspecified atom stereocenters. The Kier molecular flexibility index (Phi) is 4.49. The third-order valence-electron chi connectivity index (χ3n) is 4.68. The van der Waals surface area contributed by atoms with Crippen molar-refractivity contribution in [1.82, 2.24) is 10.2 Å². The maximum Gasteiger partial charge on any atom is 0.317 e. The summed E-state index contributed by atoms with van der Waals surface area (Å²) in [6, 6.07) is 2.50. The lowest BCUT2D eigenvalue weighted by molar-refractivity contribution is -0.139. The Hall–Kier alpha value is -1.40. The van der Waals surface area contributed by atoms with Crippen molar-refractivity contribution in [2.75, 3.05) is 13.1 Å². The molecule has 0 aliphatic heterocycles. The summed E-state index contributed by atoms with van der Waals surface area (Å²) in [6.45, 7) is 2.79. The summed E-state index contributed by atoms with van der Waals surface area (Å²) in [5.41, 5.74) is 1.35. The Morgan fingerprint density at radius 3 is 2.82 bits per heavy atom. The number of hydrogen-bond donors (Lipinski definition) is 2. The van der Waals surface area contributed by atoms with Gasteiger partial charge in [-0.05, 0) is 50.3 Å². The van der Waals surface area contributed by atoms with E-state index in [-0.39, 0.29) is 24.5 Å². The molecule has 1 fully saturated rings. The smallest absolute Gasteiger partial charge is 0.317 e. The molecule has 2 N–H and O–H groups in total. The molecule has 3 rings (SSSR count). The number of nitrogens with zero attached hydrogens (tertiary/aromatic N) is 1. The summed E-state index contributed by atoms with van der Waals surface area (Å²) in [6.07, 6.45) is 5.12. The highest BCUT2D eigenvalue weighted by Crippen LogP contribution is 2.31. The lowest BCUT2D eigenvalue weighted by Gasteiger charge is -2.42. The van der Waals surface area contributed by atoms with Crippen molar-refractivity contribution in [3.63, 3.8) is 0 Å². The Labute approximate surface area is 134 Å². The van der Waals surface area contributed by atoms with Crippen LogP contribution >= 0.6 is 11.3 Å². The first kappa shape index (κ1) is 15.5. The molecule has 22 heavy (non-hydrogen) atoms. The second-order valence-electron chi connectivity index (χ2n) is 6.17. The van der Waals surface area contributed by atoms with E-state index in [2.05, 4.69) is 5.32 Å². The van der Waals surface area contributed by atoms with Gasteiger partial charge in [-0.1, -0.05) is 6.92 Å². The van der Waals surface area contributed by atoms with E-state index in [0.717, 1.165) is 37.1 Å². The molecule has 5 nitrogen and oxygen atoms in total. The van der Waals surface area contributed by atoms with Crippen LogP contribution in [0.1, 0.15) is 46.3 Å². The Balaban J connectivity index is 1.49. The highest BCUT2D eigenvalue weighted by Gasteiger charge is 2.35. The lowest BCUT2D eigenvalue weighted by atomic mass is 9.85. The van der Waals surface area contributed by atoms with Crippen molar-refractivity contribution in [2.45, 2.75) is 51.1 Å². The van der Waals surface area contributed by atoms with E-state index in [9.17, 15) is 9.59 Å². The molecule has 1 amide bonds. The first-order chi connectivity index (χ1) is 10.6. The number of aliphatic carboxylic acids is 1. The van der Waals surface area contributed by atoms with Crippen molar-refractivity contribution >= 4 is 23.2 Å². The second kappa shape index (κ2) is 6.38. The molecule has 2 aliphatic rings. The number of aryl methyl sites for hydroxylation is 2. The minimum absolute atomic E-state index is 0.0316. The summed E-state index contributed by atoms with van der Waals surface area (Å²) in [5, 5.41) is 12.0. The van der Waals surface area contributed by atoms with Gasteiger partial charge in [0.2, 0.25) is 0 Å². The fourth-order valence-electron chi connectivity index (χ4n) is 3.37. The van der Waals surface area contributed by atoms with E-state index in [0.29, 0.717) is 0 Å². The van der Waals surface area contributed by atoms with Crippen molar-refractivity contribution in [1.29, 1.82) is 0 Å². The molecule has 0 spiro atoms. The maximum atomic E-state index is 12.3. The van der Waals surface area contributed by atoms with E-state index in [1.54, 1.807) is 11.3 Å². The molecule has 1 aromatic rings. The highest BCUT2D eigenvalue weighted by atomic mass is 32.1. The number of fused-ring (bicyclic) bond motifs is 1. The Morgan fingerprint density at radius 1 is 1.41 bits per heavy atom. The zero-order valence-corrected chi connectivity index (χ0v) is 13.6. The van der Waals surface area contributed by atoms with Gasteiger partial charge in [0.1, 0.15) is 0 Å². The molecule has 2 aliphatic carbocycles. The number of amides is 1. The molecular formula is C16H22N2O3S. The van der Waals surface area contributed by atoms with E-state index in [4.69, 9.17) is 5.11 Å². The van der Waals surface area contributed by atoms with Gasteiger partial charge >= 0.3 is 5.97 Å². The van der Waals surface area contributed by atoms with Gasteiger partial charge in [0, 0.05) is 17.0 Å². The van der Waals surface area contributed by atoms with Gasteiger partial charge in [-0.3, -0.25) is 14.5 Å². The third-order valence-corrected chi connectivity index (χ3v) is 5.92. The van der Waals surface area contributed by atoms with Crippen LogP contribution in [0, 0.1) is 0 Å². The molecule has 1 heterocycles. The molecule has 120 valence electrons. The van der Waals surface area contributed by atoms with Gasteiger partial charge in [-0.15, -0.1) is 11.3 Å². The average Bonchev–Trinajstić information content (AvgIpc) is 3.00. The third kappa shape index (κ3) is 3.17. The van der Waals surface area contributed by atoms with Crippen LogP contribution in [0.25, 0.3) is 0 Å². The van der Waals surface area contributed by atoms with Gasteiger partial charge in [-0.25, -0.2) is 0 Å². The van der Waals surface area contributed by atoms with Crippen LogP contribution in [0.4, 0.5) is 0 Å². The van der Waals surface area contributed by atoms with Crippen molar-refractivity contribution < 1.29 is 14.7 Å². The molecular weight excluding hydrogens is 300 g/mol. The number of hydrogen-bond acceptors (Lipinski definition) is 4. The fraction of sp³-hybridized carbons (Fsp3) is 0.625. The first-order valence-corrected chi connectivity index (χ1v) is 8.76. The van der Waals surface area contributed by atoms with E-state index < -0.39 is 5.97 Å². The van der Waals surface area contributed by atoms with Crippen LogP contribution in [-0.2, 0) is 17.6 Å². The molecule has 0 atom stereocenters. The first-order valence-electron chi connectivity index (χ1n) is 7.95. The van der Waals surface area contributed by atoms with E-state index >= 15 is 0 Å². The van der Waals surface area contributed by atoms with Crippen molar-refractivity contribution in [3.8, 4) is 0 Å². The summed E-state index contributed by atoms with van der Waals surface area (Å²) in [5.74, 6) is -0.758. The van der Waals surface area contributed by atoms with Gasteiger partial charge in [0.25, 0.3) is 5.91 Å². The quantitative estimate of drug-likeness (QED) is 0.839. The number of thiophene rings is 1. The molecule has 1 saturated carbocycles. The largest absolute Gasteiger partial charge is 0.480 e. The summed E-state index contributed by atoms with van der Waals surface area (Å²) in [7, 11) is 0. The van der Waals surface area contributed by atoms with Gasteiger partial charge in [0.15, 0.2) is 0 Å². The summed E-state index contributed by atoms with van der Waals surface area (Å²) >= 11 is 1.63. The molecule has 1 aromatic heterocycles. The van der Waals surface area contributed by atoms with Crippen LogP contribution in [-0.4, -0.2) is 47.1 Å². The maximum absolute atomic E-state index is 12.3. The van der Waals surface area contributed by atoms with Gasteiger partial charge in [0.05, 0.1) is 11.4 Å². The van der Waals surface area contributed by atoms with Crippen LogP contribution in [0.3, 0.4) is 0 Å². The number of carbonyl (C=O) groups is 2. The number of nitrogens with one attached hydrogen (secondary N) is 1. The molecule has 0 aromatic carbocycles. The standard InChI is InChI=1S/C16H22N2O3S/c1-2-18(9-15(19)20)12-7-11(8-12)17-16(21)14-6-10-4-3-5-13(10)22-14/h6,11-12H,2-5,7-9H2,1H3,(H,17,21)(H,19,20).